The fourth-order valence-corrected chi connectivity index (χ4v) is 1.01. The summed E-state index contributed by atoms with van der Waals surface area (Å²) in [4.78, 5) is 9.47. The minimum Gasteiger partial charge on any atom is -0.394 e. The summed E-state index contributed by atoms with van der Waals surface area (Å²) in [7, 11) is 0. The molecule has 0 aromatic rings. The SMILES string of the molecule is C=CC[C@@H]1COO[C@H]1CO. The Balaban J connectivity index is 2.34. The Morgan fingerprint density at radius 2 is 2.50 bits per heavy atom. The van der Waals surface area contributed by atoms with E-state index in [1.165, 1.54) is 0 Å². The van der Waals surface area contributed by atoms with E-state index in [0.717, 1.165) is 6.42 Å². The second-order valence-electron chi connectivity index (χ2n) is 2.39. The Labute approximate surface area is 60.2 Å². The van der Waals surface area contributed by atoms with Gasteiger partial charge in [-0.3, -0.25) is 0 Å². The average molecular weight is 144 g/mol. The van der Waals surface area contributed by atoms with E-state index in [4.69, 9.17) is 14.9 Å². The molecule has 1 aliphatic heterocycles. The monoisotopic (exact) mass is 144 g/mol. The van der Waals surface area contributed by atoms with E-state index in [2.05, 4.69) is 6.58 Å². The van der Waals surface area contributed by atoms with Gasteiger partial charge in [0.15, 0.2) is 0 Å². The lowest BCUT2D eigenvalue weighted by molar-refractivity contribution is -0.279. The lowest BCUT2D eigenvalue weighted by Gasteiger charge is -2.09. The van der Waals surface area contributed by atoms with Crippen LogP contribution in [0.2, 0.25) is 0 Å². The fourth-order valence-electron chi connectivity index (χ4n) is 1.01. The zero-order chi connectivity index (χ0) is 7.40. The molecular weight excluding hydrogens is 132 g/mol. The van der Waals surface area contributed by atoms with Crippen molar-refractivity contribution in [3.05, 3.63) is 12.7 Å². The largest absolute Gasteiger partial charge is 0.394 e. The summed E-state index contributed by atoms with van der Waals surface area (Å²) >= 11 is 0. The predicted molar refractivity (Wildman–Crippen MR) is 36.2 cm³/mol. The van der Waals surface area contributed by atoms with Crippen LogP contribution in [0.1, 0.15) is 6.42 Å². The minimum absolute atomic E-state index is 0.0263. The van der Waals surface area contributed by atoms with E-state index in [1.807, 2.05) is 6.08 Å². The highest BCUT2D eigenvalue weighted by Gasteiger charge is 2.27. The zero-order valence-corrected chi connectivity index (χ0v) is 5.82. The van der Waals surface area contributed by atoms with Gasteiger partial charge in [-0.15, -0.1) is 6.58 Å². The van der Waals surface area contributed by atoms with Gasteiger partial charge in [-0.25, -0.2) is 9.78 Å². The van der Waals surface area contributed by atoms with E-state index in [9.17, 15) is 0 Å². The third-order valence-corrected chi connectivity index (χ3v) is 1.65. The summed E-state index contributed by atoms with van der Waals surface area (Å²) in [6.07, 6.45) is 2.49. The molecule has 0 amide bonds. The van der Waals surface area contributed by atoms with E-state index in [0.29, 0.717) is 6.61 Å². The molecule has 1 fully saturated rings. The van der Waals surface area contributed by atoms with Crippen LogP contribution in [0.5, 0.6) is 0 Å². The molecule has 0 spiro atoms. The van der Waals surface area contributed by atoms with Crippen molar-refractivity contribution in [2.45, 2.75) is 12.5 Å². The second-order valence-corrected chi connectivity index (χ2v) is 2.39. The molecule has 2 atom stereocenters. The molecule has 10 heavy (non-hydrogen) atoms. The first-order valence-electron chi connectivity index (χ1n) is 3.38. The molecule has 1 rings (SSSR count). The van der Waals surface area contributed by atoms with Crippen molar-refractivity contribution in [1.29, 1.82) is 0 Å². The molecule has 0 bridgehead atoms. The highest BCUT2D eigenvalue weighted by molar-refractivity contribution is 4.79. The first kappa shape index (κ1) is 7.72. The Morgan fingerprint density at radius 3 is 3.10 bits per heavy atom. The third kappa shape index (κ3) is 1.56. The van der Waals surface area contributed by atoms with Crippen molar-refractivity contribution >= 4 is 0 Å². The molecule has 1 N–H and O–H groups in total. The smallest absolute Gasteiger partial charge is 0.121 e. The Morgan fingerprint density at radius 1 is 1.70 bits per heavy atom. The van der Waals surface area contributed by atoms with Crippen LogP contribution in [0.15, 0.2) is 12.7 Å². The second kappa shape index (κ2) is 3.71. The number of hydrogen-bond donors (Lipinski definition) is 1. The molecular formula is C7H12O3. The fraction of sp³-hybridized carbons (Fsp3) is 0.714. The van der Waals surface area contributed by atoms with Gasteiger partial charge in [0.2, 0.25) is 0 Å². The molecule has 3 nitrogen and oxygen atoms in total. The first-order valence-corrected chi connectivity index (χ1v) is 3.38. The zero-order valence-electron chi connectivity index (χ0n) is 5.82. The highest BCUT2D eigenvalue weighted by Crippen LogP contribution is 2.20. The van der Waals surface area contributed by atoms with E-state index in [1.54, 1.807) is 0 Å². The van der Waals surface area contributed by atoms with Crippen LogP contribution in [-0.2, 0) is 9.78 Å². The maximum absolute atomic E-state index is 8.72. The standard InChI is InChI=1S/C7H12O3/c1-2-3-6-5-9-10-7(6)4-8/h2,6-8H,1,3-5H2/t6-,7+/m1/s1. The van der Waals surface area contributed by atoms with Gasteiger partial charge in [0.1, 0.15) is 6.10 Å². The molecule has 0 aliphatic carbocycles. The normalized spacial score (nSPS) is 32.5. The van der Waals surface area contributed by atoms with Crippen LogP contribution >= 0.6 is 0 Å². The molecule has 3 heteroatoms. The number of allylic oxidation sites excluding steroid dienone is 1. The van der Waals surface area contributed by atoms with Crippen molar-refractivity contribution in [2.24, 2.45) is 5.92 Å². The van der Waals surface area contributed by atoms with Crippen LogP contribution in [0.25, 0.3) is 0 Å². The minimum atomic E-state index is -0.155. The Bertz CT molecular complexity index is 113. The van der Waals surface area contributed by atoms with Crippen molar-refractivity contribution in [3.8, 4) is 0 Å². The van der Waals surface area contributed by atoms with Crippen LogP contribution < -0.4 is 0 Å². The van der Waals surface area contributed by atoms with E-state index < -0.39 is 0 Å². The van der Waals surface area contributed by atoms with Crippen molar-refractivity contribution < 1.29 is 14.9 Å². The Kier molecular flexibility index (Phi) is 2.86. The van der Waals surface area contributed by atoms with Gasteiger partial charge >= 0.3 is 0 Å². The Hall–Kier alpha value is -0.380. The van der Waals surface area contributed by atoms with Gasteiger partial charge in [0, 0.05) is 5.92 Å². The lowest BCUT2D eigenvalue weighted by Crippen LogP contribution is -2.20. The summed E-state index contributed by atoms with van der Waals surface area (Å²) in [6, 6.07) is 0. The number of aliphatic hydroxyl groups is 1. The maximum Gasteiger partial charge on any atom is 0.121 e. The van der Waals surface area contributed by atoms with Crippen molar-refractivity contribution in [2.75, 3.05) is 13.2 Å². The van der Waals surface area contributed by atoms with Crippen LogP contribution in [0.3, 0.4) is 0 Å². The predicted octanol–water partition coefficient (Wildman–Crippen LogP) is 0.501. The van der Waals surface area contributed by atoms with Crippen LogP contribution in [-0.4, -0.2) is 24.4 Å². The van der Waals surface area contributed by atoms with Gasteiger partial charge in [-0.05, 0) is 6.42 Å². The van der Waals surface area contributed by atoms with Crippen molar-refractivity contribution in [1.82, 2.24) is 0 Å². The first-order chi connectivity index (χ1) is 4.88. The topological polar surface area (TPSA) is 38.7 Å². The molecule has 0 unspecified atom stereocenters. The maximum atomic E-state index is 8.72. The van der Waals surface area contributed by atoms with Gasteiger partial charge in [0.05, 0.1) is 13.2 Å². The summed E-state index contributed by atoms with van der Waals surface area (Å²) in [6.45, 7) is 4.19. The number of rotatable bonds is 3. The van der Waals surface area contributed by atoms with Gasteiger partial charge in [-0.1, -0.05) is 6.08 Å². The average Bonchev–Trinajstić information content (AvgIpc) is 2.36. The molecule has 1 aliphatic rings. The summed E-state index contributed by atoms with van der Waals surface area (Å²) < 4.78 is 0. The van der Waals surface area contributed by atoms with Crippen molar-refractivity contribution in [3.63, 3.8) is 0 Å². The van der Waals surface area contributed by atoms with E-state index >= 15 is 0 Å². The van der Waals surface area contributed by atoms with Crippen LogP contribution in [0.4, 0.5) is 0 Å². The molecule has 1 saturated heterocycles. The number of aliphatic hydroxyl groups excluding tert-OH is 1. The van der Waals surface area contributed by atoms with Crippen LogP contribution in [0, 0.1) is 5.92 Å². The van der Waals surface area contributed by atoms with E-state index in [-0.39, 0.29) is 18.6 Å². The lowest BCUT2D eigenvalue weighted by atomic mass is 10.0. The molecule has 58 valence electrons. The number of hydrogen-bond acceptors (Lipinski definition) is 3. The summed E-state index contributed by atoms with van der Waals surface area (Å²) in [5.74, 6) is 0.280. The molecule has 0 saturated carbocycles. The van der Waals surface area contributed by atoms with Gasteiger partial charge in [0.25, 0.3) is 0 Å². The van der Waals surface area contributed by atoms with Gasteiger partial charge < -0.3 is 5.11 Å². The molecule has 0 radical (unpaired) electrons. The molecule has 0 aromatic carbocycles. The summed E-state index contributed by atoms with van der Waals surface area (Å²) in [5, 5.41) is 8.72. The quantitative estimate of drug-likeness (QED) is 0.463. The van der Waals surface area contributed by atoms with Gasteiger partial charge in [-0.2, -0.15) is 0 Å². The highest BCUT2D eigenvalue weighted by atomic mass is 17.2. The molecule has 0 aromatic heterocycles. The molecule has 1 heterocycles. The third-order valence-electron chi connectivity index (χ3n) is 1.65. The summed E-state index contributed by atoms with van der Waals surface area (Å²) in [5.41, 5.74) is 0.